The van der Waals surface area contributed by atoms with Gasteiger partial charge in [-0.3, -0.25) is 0 Å². The van der Waals surface area contributed by atoms with Crippen molar-refractivity contribution in [3.8, 4) is 11.3 Å². The first-order valence-corrected chi connectivity index (χ1v) is 7.47. The van der Waals surface area contributed by atoms with Gasteiger partial charge in [-0.05, 0) is 16.9 Å². The third kappa shape index (κ3) is 3.50. The Kier molecular flexibility index (Phi) is 4.47. The summed E-state index contributed by atoms with van der Waals surface area (Å²) in [6.45, 7) is 11.6. The van der Waals surface area contributed by atoms with Gasteiger partial charge >= 0.3 is 0 Å². The molecule has 0 aliphatic heterocycles. The highest BCUT2D eigenvalue weighted by atomic mass is 16.3. The summed E-state index contributed by atoms with van der Waals surface area (Å²) in [7, 11) is 0. The minimum absolute atomic E-state index is 0.0888. The monoisotopic (exact) mass is 287 g/mol. The summed E-state index contributed by atoms with van der Waals surface area (Å²) in [6.07, 6.45) is 0. The summed E-state index contributed by atoms with van der Waals surface area (Å²) < 4.78 is 1.89. The van der Waals surface area contributed by atoms with Gasteiger partial charge in [0.05, 0.1) is 12.3 Å². The number of aliphatic hydroxyl groups excluding tert-OH is 1. The van der Waals surface area contributed by atoms with Crippen LogP contribution in [0.5, 0.6) is 0 Å². The van der Waals surface area contributed by atoms with Crippen LogP contribution in [0.1, 0.15) is 45.9 Å². The van der Waals surface area contributed by atoms with Crippen LogP contribution >= 0.6 is 0 Å². The van der Waals surface area contributed by atoms with Crippen molar-refractivity contribution in [2.24, 2.45) is 5.92 Å². The molecule has 1 aromatic carbocycles. The first-order chi connectivity index (χ1) is 9.82. The molecule has 0 saturated heterocycles. The molecule has 0 amide bonds. The molecule has 0 fully saturated rings. The maximum absolute atomic E-state index is 9.50. The van der Waals surface area contributed by atoms with Crippen molar-refractivity contribution >= 4 is 0 Å². The lowest BCUT2D eigenvalue weighted by Gasteiger charge is -2.19. The zero-order valence-corrected chi connectivity index (χ0v) is 13.6. The fourth-order valence-corrected chi connectivity index (χ4v) is 2.37. The van der Waals surface area contributed by atoms with E-state index >= 15 is 0 Å². The highest BCUT2D eigenvalue weighted by Gasteiger charge is 2.17. The van der Waals surface area contributed by atoms with E-state index < -0.39 is 0 Å². The van der Waals surface area contributed by atoms with Crippen LogP contribution in [0.4, 0.5) is 0 Å². The summed E-state index contributed by atoms with van der Waals surface area (Å²) >= 11 is 0. The molecule has 4 nitrogen and oxygen atoms in total. The highest BCUT2D eigenvalue weighted by Crippen LogP contribution is 2.27. The Morgan fingerprint density at radius 3 is 2.24 bits per heavy atom. The summed E-state index contributed by atoms with van der Waals surface area (Å²) in [6, 6.07) is 8.47. The Balaban J connectivity index is 2.43. The van der Waals surface area contributed by atoms with Crippen LogP contribution in [-0.2, 0) is 18.6 Å². The maximum atomic E-state index is 9.50. The molecule has 0 radical (unpaired) electrons. The summed E-state index contributed by atoms with van der Waals surface area (Å²) in [5.41, 5.74) is 4.04. The molecule has 0 aliphatic carbocycles. The number of aliphatic hydroxyl groups is 1. The van der Waals surface area contributed by atoms with E-state index in [9.17, 15) is 5.11 Å². The van der Waals surface area contributed by atoms with Crippen LogP contribution in [0.3, 0.4) is 0 Å². The van der Waals surface area contributed by atoms with E-state index in [0.717, 1.165) is 17.8 Å². The average molecular weight is 287 g/mol. The zero-order chi connectivity index (χ0) is 15.6. The third-order valence-corrected chi connectivity index (χ3v) is 3.52. The highest BCUT2D eigenvalue weighted by molar-refractivity contribution is 5.62. The van der Waals surface area contributed by atoms with Crippen molar-refractivity contribution in [3.05, 3.63) is 35.5 Å². The van der Waals surface area contributed by atoms with Crippen LogP contribution in [0.15, 0.2) is 24.3 Å². The molecule has 2 rings (SSSR count). The lowest BCUT2D eigenvalue weighted by molar-refractivity contribution is 0.277. The van der Waals surface area contributed by atoms with Crippen molar-refractivity contribution in [1.29, 1.82) is 0 Å². The van der Waals surface area contributed by atoms with Gasteiger partial charge in [-0.25, -0.2) is 4.68 Å². The van der Waals surface area contributed by atoms with Crippen LogP contribution in [0.25, 0.3) is 11.3 Å². The van der Waals surface area contributed by atoms with E-state index in [1.165, 1.54) is 5.56 Å². The van der Waals surface area contributed by atoms with Crippen molar-refractivity contribution in [2.45, 2.75) is 53.2 Å². The van der Waals surface area contributed by atoms with E-state index in [0.29, 0.717) is 11.6 Å². The van der Waals surface area contributed by atoms with Gasteiger partial charge in [0.15, 0.2) is 0 Å². The maximum Gasteiger partial charge on any atom is 0.116 e. The molecule has 2 aromatic rings. The second kappa shape index (κ2) is 5.98. The number of aromatic nitrogens is 3. The van der Waals surface area contributed by atoms with E-state index in [-0.39, 0.29) is 12.0 Å². The number of benzene rings is 1. The van der Waals surface area contributed by atoms with Gasteiger partial charge in [0.2, 0.25) is 0 Å². The fraction of sp³-hybridized carbons (Fsp3) is 0.529. The quantitative estimate of drug-likeness (QED) is 0.937. The molecule has 0 bridgehead atoms. The largest absolute Gasteiger partial charge is 0.390 e. The molecule has 0 spiro atoms. The normalized spacial score (nSPS) is 12.1. The van der Waals surface area contributed by atoms with Crippen LogP contribution in [-0.4, -0.2) is 20.1 Å². The second-order valence-electron chi connectivity index (χ2n) is 6.95. The molecule has 1 heterocycles. The minimum Gasteiger partial charge on any atom is -0.390 e. The molecule has 21 heavy (non-hydrogen) atoms. The Hall–Kier alpha value is -1.68. The van der Waals surface area contributed by atoms with Gasteiger partial charge in [0, 0.05) is 12.1 Å². The van der Waals surface area contributed by atoms with Crippen LogP contribution < -0.4 is 0 Å². The van der Waals surface area contributed by atoms with Crippen molar-refractivity contribution in [2.75, 3.05) is 0 Å². The molecule has 114 valence electrons. The predicted molar refractivity (Wildman–Crippen MR) is 84.9 cm³/mol. The molecule has 0 unspecified atom stereocenters. The average Bonchev–Trinajstić information content (AvgIpc) is 2.80. The van der Waals surface area contributed by atoms with Gasteiger partial charge in [-0.1, -0.05) is 64.1 Å². The van der Waals surface area contributed by atoms with Gasteiger partial charge in [-0.2, -0.15) is 0 Å². The van der Waals surface area contributed by atoms with Crippen molar-refractivity contribution in [3.63, 3.8) is 0 Å². The Labute approximate surface area is 126 Å². The van der Waals surface area contributed by atoms with E-state index in [1.807, 2.05) is 4.68 Å². The minimum atomic E-state index is -0.0888. The Bertz CT molecular complexity index is 591. The zero-order valence-electron chi connectivity index (χ0n) is 13.6. The first-order valence-electron chi connectivity index (χ1n) is 7.47. The molecular weight excluding hydrogens is 262 g/mol. The topological polar surface area (TPSA) is 50.9 Å². The van der Waals surface area contributed by atoms with Crippen LogP contribution in [0.2, 0.25) is 0 Å². The molecular formula is C17H25N3O. The smallest absolute Gasteiger partial charge is 0.116 e. The SMILES string of the molecule is CC(C)Cn1nnc(CO)c1-c1ccc(C(C)(C)C)cc1. The number of hydrogen-bond donors (Lipinski definition) is 1. The summed E-state index contributed by atoms with van der Waals surface area (Å²) in [4.78, 5) is 0. The standard InChI is InChI=1S/C17H25N3O/c1-12(2)10-20-16(15(11-21)18-19-20)13-6-8-14(9-7-13)17(3,4)5/h6-9,12,21H,10-11H2,1-5H3. The van der Waals surface area contributed by atoms with Crippen molar-refractivity contribution in [1.82, 2.24) is 15.0 Å². The van der Waals surface area contributed by atoms with E-state index in [2.05, 4.69) is 69.2 Å². The number of nitrogens with zero attached hydrogens (tertiary/aromatic N) is 3. The molecule has 4 heteroatoms. The van der Waals surface area contributed by atoms with Gasteiger partial charge < -0.3 is 5.11 Å². The number of rotatable bonds is 4. The van der Waals surface area contributed by atoms with E-state index in [4.69, 9.17) is 0 Å². The lowest BCUT2D eigenvalue weighted by Crippen LogP contribution is -2.11. The number of hydrogen-bond acceptors (Lipinski definition) is 3. The fourth-order valence-electron chi connectivity index (χ4n) is 2.37. The predicted octanol–water partition coefficient (Wildman–Crippen LogP) is 3.39. The van der Waals surface area contributed by atoms with Gasteiger partial charge in [0.25, 0.3) is 0 Å². The molecule has 1 aromatic heterocycles. The lowest BCUT2D eigenvalue weighted by atomic mass is 9.86. The van der Waals surface area contributed by atoms with Crippen molar-refractivity contribution < 1.29 is 5.11 Å². The van der Waals surface area contributed by atoms with E-state index in [1.54, 1.807) is 0 Å². The molecule has 0 atom stereocenters. The molecule has 0 saturated carbocycles. The van der Waals surface area contributed by atoms with Gasteiger partial charge in [-0.15, -0.1) is 5.10 Å². The van der Waals surface area contributed by atoms with Gasteiger partial charge in [0.1, 0.15) is 5.69 Å². The second-order valence-corrected chi connectivity index (χ2v) is 6.95. The molecule has 0 aliphatic rings. The third-order valence-electron chi connectivity index (χ3n) is 3.52. The Morgan fingerprint density at radius 1 is 1.14 bits per heavy atom. The van der Waals surface area contributed by atoms with Crippen LogP contribution in [0, 0.1) is 5.92 Å². The summed E-state index contributed by atoms with van der Waals surface area (Å²) in [5, 5.41) is 17.8. The Morgan fingerprint density at radius 2 is 1.76 bits per heavy atom. The summed E-state index contributed by atoms with van der Waals surface area (Å²) in [5.74, 6) is 0.478. The molecule has 1 N–H and O–H groups in total. The first kappa shape index (κ1) is 15.7.